The molecule has 4 rings (SSSR count). The first-order valence-electron chi connectivity index (χ1n) is 11.7. The lowest BCUT2D eigenvalue weighted by Gasteiger charge is -2.57. The largest absolute Gasteiger partial charge is 0.416 e. The Morgan fingerprint density at radius 1 is 0.875 bits per heavy atom. The minimum absolute atomic E-state index is 0.578. The van der Waals surface area contributed by atoms with E-state index in [-0.39, 0.29) is 0 Å². The number of aliphatic hydroxyl groups is 1. The van der Waals surface area contributed by atoms with E-state index >= 15 is 0 Å². The minimum Gasteiger partial charge on any atom is -0.388 e. The van der Waals surface area contributed by atoms with Gasteiger partial charge in [-0.05, 0) is 48.9 Å². The number of benzene rings is 2. The predicted octanol–water partition coefficient (Wildman–Crippen LogP) is 5.13. The molecule has 0 spiro atoms. The van der Waals surface area contributed by atoms with Crippen LogP contribution in [0.3, 0.4) is 0 Å². The topological polar surface area (TPSA) is 35.5 Å². The van der Waals surface area contributed by atoms with Crippen LogP contribution in [0.15, 0.2) is 54.6 Å². The third kappa shape index (κ3) is 4.59. The lowest BCUT2D eigenvalue weighted by molar-refractivity contribution is -0.148. The van der Waals surface area contributed by atoms with Gasteiger partial charge in [-0.15, -0.1) is 0 Å². The Bertz CT molecular complexity index is 874. The third-order valence-corrected chi connectivity index (χ3v) is 7.39. The van der Waals surface area contributed by atoms with Crippen molar-refractivity contribution in [1.82, 2.24) is 10.2 Å². The van der Waals surface area contributed by atoms with E-state index in [4.69, 9.17) is 0 Å². The highest BCUT2D eigenvalue weighted by atomic mass is 19.4. The lowest BCUT2D eigenvalue weighted by Crippen LogP contribution is -2.66. The van der Waals surface area contributed by atoms with Gasteiger partial charge in [-0.3, -0.25) is 4.90 Å². The Balaban J connectivity index is 1.85. The van der Waals surface area contributed by atoms with E-state index in [0.29, 0.717) is 44.3 Å². The first-order valence-corrected chi connectivity index (χ1v) is 11.7. The number of hydrogen-bond acceptors (Lipinski definition) is 3. The maximum atomic E-state index is 13.7. The minimum atomic E-state index is -4.42. The molecule has 0 bridgehead atoms. The van der Waals surface area contributed by atoms with Crippen molar-refractivity contribution in [2.45, 2.75) is 62.3 Å². The van der Waals surface area contributed by atoms with E-state index in [0.717, 1.165) is 44.0 Å². The quantitative estimate of drug-likeness (QED) is 0.646. The first kappa shape index (κ1) is 23.3. The molecule has 1 aliphatic carbocycles. The van der Waals surface area contributed by atoms with Crippen molar-refractivity contribution in [2.24, 2.45) is 0 Å². The highest BCUT2D eigenvalue weighted by molar-refractivity contribution is 5.35. The van der Waals surface area contributed by atoms with Gasteiger partial charge in [-0.1, -0.05) is 61.7 Å². The molecule has 1 unspecified atom stereocenters. The van der Waals surface area contributed by atoms with E-state index in [1.807, 2.05) is 18.2 Å². The Labute approximate surface area is 188 Å². The second-order valence-electron chi connectivity index (χ2n) is 9.25. The Morgan fingerprint density at radius 2 is 1.53 bits per heavy atom. The molecule has 2 N–H and O–H groups in total. The molecule has 6 heteroatoms. The van der Waals surface area contributed by atoms with E-state index in [1.165, 1.54) is 12.1 Å². The van der Waals surface area contributed by atoms with Crippen LogP contribution in [-0.4, -0.2) is 41.8 Å². The van der Waals surface area contributed by atoms with Gasteiger partial charge in [0.15, 0.2) is 0 Å². The second-order valence-corrected chi connectivity index (χ2v) is 9.25. The van der Waals surface area contributed by atoms with E-state index < -0.39 is 22.9 Å². The van der Waals surface area contributed by atoms with Gasteiger partial charge in [-0.2, -0.15) is 13.2 Å². The molecule has 0 radical (unpaired) electrons. The molecular formula is C26H33F3N2O. The summed E-state index contributed by atoms with van der Waals surface area (Å²) < 4.78 is 41.1. The van der Waals surface area contributed by atoms with Crippen molar-refractivity contribution < 1.29 is 18.3 Å². The summed E-state index contributed by atoms with van der Waals surface area (Å²) in [4.78, 5) is 2.27. The van der Waals surface area contributed by atoms with Crippen molar-refractivity contribution in [2.75, 3.05) is 26.2 Å². The normalized spacial score (nSPS) is 21.8. The molecule has 2 aromatic carbocycles. The average molecular weight is 447 g/mol. The number of piperazine rings is 1. The average Bonchev–Trinajstić information content (AvgIpc) is 2.81. The summed E-state index contributed by atoms with van der Waals surface area (Å²) in [7, 11) is 0. The van der Waals surface area contributed by atoms with E-state index in [1.54, 1.807) is 6.07 Å². The molecule has 3 nitrogen and oxygen atoms in total. The van der Waals surface area contributed by atoms with Crippen molar-refractivity contribution >= 4 is 0 Å². The molecule has 1 heterocycles. The first-order chi connectivity index (χ1) is 15.4. The summed E-state index contributed by atoms with van der Waals surface area (Å²) >= 11 is 0. The molecule has 1 saturated heterocycles. The molecule has 32 heavy (non-hydrogen) atoms. The number of rotatable bonds is 6. The molecule has 0 amide bonds. The molecule has 1 aliphatic heterocycles. The maximum Gasteiger partial charge on any atom is 0.416 e. The van der Waals surface area contributed by atoms with Gasteiger partial charge >= 0.3 is 6.18 Å². The highest BCUT2D eigenvalue weighted by Gasteiger charge is 2.55. The number of nitrogens with one attached hydrogen (secondary N) is 1. The van der Waals surface area contributed by atoms with Gasteiger partial charge in [-0.25, -0.2) is 0 Å². The van der Waals surface area contributed by atoms with Gasteiger partial charge in [0.25, 0.3) is 0 Å². The smallest absolute Gasteiger partial charge is 0.388 e. The Hall–Kier alpha value is -1.89. The van der Waals surface area contributed by atoms with Gasteiger partial charge in [0.2, 0.25) is 0 Å². The summed E-state index contributed by atoms with van der Waals surface area (Å²) in [5.74, 6) is 0. The van der Waals surface area contributed by atoms with Crippen LogP contribution in [0.4, 0.5) is 13.2 Å². The Morgan fingerprint density at radius 3 is 2.19 bits per heavy atom. The molecule has 174 valence electrons. The van der Waals surface area contributed by atoms with Gasteiger partial charge in [0.05, 0.1) is 16.7 Å². The molecule has 1 saturated carbocycles. The predicted molar refractivity (Wildman–Crippen MR) is 120 cm³/mol. The van der Waals surface area contributed by atoms with Crippen LogP contribution >= 0.6 is 0 Å². The number of aryl methyl sites for hydroxylation is 1. The summed E-state index contributed by atoms with van der Waals surface area (Å²) in [5.41, 5.74) is -0.851. The van der Waals surface area contributed by atoms with Crippen LogP contribution < -0.4 is 5.32 Å². The van der Waals surface area contributed by atoms with Crippen LogP contribution in [0.1, 0.15) is 55.2 Å². The van der Waals surface area contributed by atoms with Crippen LogP contribution in [0, 0.1) is 0 Å². The number of alkyl halides is 3. The summed E-state index contributed by atoms with van der Waals surface area (Å²) in [6.07, 6.45) is 0.937. The monoisotopic (exact) mass is 446 g/mol. The molecule has 2 aliphatic rings. The van der Waals surface area contributed by atoms with Crippen molar-refractivity contribution in [3.8, 4) is 0 Å². The molecule has 0 aromatic heterocycles. The summed E-state index contributed by atoms with van der Waals surface area (Å²) in [6, 6.07) is 15.8. The SMILES string of the molecule is OC1(C(CCc2ccccc2)(c2cccc(C(F)(F)F)c2)N2CCNCC2)CCCCC1. The fraction of sp³-hybridized carbons (Fsp3) is 0.538. The fourth-order valence-electron chi connectivity index (χ4n) is 5.80. The van der Waals surface area contributed by atoms with Crippen LogP contribution in [0.2, 0.25) is 0 Å². The van der Waals surface area contributed by atoms with Crippen molar-refractivity contribution in [3.63, 3.8) is 0 Å². The summed E-state index contributed by atoms with van der Waals surface area (Å²) in [6.45, 7) is 2.94. The van der Waals surface area contributed by atoms with Crippen molar-refractivity contribution in [3.05, 3.63) is 71.3 Å². The van der Waals surface area contributed by atoms with E-state index in [2.05, 4.69) is 22.3 Å². The zero-order chi connectivity index (χ0) is 22.7. The molecule has 2 aromatic rings. The van der Waals surface area contributed by atoms with Gasteiger partial charge in [0, 0.05) is 26.2 Å². The molecule has 2 fully saturated rings. The standard InChI is InChI=1S/C26H33F3N2O/c27-26(28,29)23-11-7-10-22(20-23)25(31-18-16-30-17-19-31,24(32)13-5-2-6-14-24)15-12-21-8-3-1-4-9-21/h1,3-4,7-11,20,30,32H,2,5-6,12-19H2. The zero-order valence-electron chi connectivity index (χ0n) is 18.5. The highest BCUT2D eigenvalue weighted by Crippen LogP contribution is 2.50. The van der Waals surface area contributed by atoms with Gasteiger partial charge < -0.3 is 10.4 Å². The van der Waals surface area contributed by atoms with Gasteiger partial charge in [0.1, 0.15) is 0 Å². The third-order valence-electron chi connectivity index (χ3n) is 7.39. The number of nitrogens with zero attached hydrogens (tertiary/aromatic N) is 1. The maximum absolute atomic E-state index is 13.7. The lowest BCUT2D eigenvalue weighted by atomic mass is 9.63. The van der Waals surface area contributed by atoms with Crippen LogP contribution in [0.25, 0.3) is 0 Å². The summed E-state index contributed by atoms with van der Waals surface area (Å²) in [5, 5.41) is 15.6. The zero-order valence-corrected chi connectivity index (χ0v) is 18.5. The molecule has 1 atom stereocenters. The van der Waals surface area contributed by atoms with Crippen molar-refractivity contribution in [1.29, 1.82) is 0 Å². The second kappa shape index (κ2) is 9.54. The number of halogens is 3. The fourth-order valence-corrected chi connectivity index (χ4v) is 5.80. The van der Waals surface area contributed by atoms with Crippen LogP contribution in [-0.2, 0) is 18.1 Å². The van der Waals surface area contributed by atoms with E-state index in [9.17, 15) is 18.3 Å². The Kier molecular flexibility index (Phi) is 6.94. The van der Waals surface area contributed by atoms with Crippen LogP contribution in [0.5, 0.6) is 0 Å². The molecular weight excluding hydrogens is 413 g/mol. The number of hydrogen-bond donors (Lipinski definition) is 2.